The van der Waals surface area contributed by atoms with Crippen LogP contribution in [0.1, 0.15) is 37.4 Å². The van der Waals surface area contributed by atoms with Crippen LogP contribution in [-0.4, -0.2) is 58.1 Å². The van der Waals surface area contributed by atoms with Gasteiger partial charge in [0.2, 0.25) is 5.91 Å². The Bertz CT molecular complexity index is 1720. The van der Waals surface area contributed by atoms with Crippen LogP contribution in [0.2, 0.25) is 0 Å². The lowest BCUT2D eigenvalue weighted by atomic mass is 10.0. The van der Waals surface area contributed by atoms with Gasteiger partial charge in [0.05, 0.1) is 18.1 Å². The Labute approximate surface area is 280 Å². The normalized spacial score (nSPS) is 11.9. The molecule has 1 atom stereocenters. The Kier molecular flexibility index (Phi) is 12.9. The summed E-state index contributed by atoms with van der Waals surface area (Å²) in [6.07, 6.45) is 0.681. The topological polar surface area (TPSA) is 123 Å². The molecule has 0 aliphatic heterocycles. The monoisotopic (exact) mass is 677 g/mol. The van der Waals surface area contributed by atoms with Gasteiger partial charge in [-0.1, -0.05) is 42.5 Å². The van der Waals surface area contributed by atoms with Crippen molar-refractivity contribution in [2.75, 3.05) is 31.6 Å². The van der Waals surface area contributed by atoms with E-state index in [0.717, 1.165) is 17.7 Å². The average molecular weight is 678 g/mol. The molecule has 4 rings (SSSR count). The summed E-state index contributed by atoms with van der Waals surface area (Å²) < 4.78 is 57.9. The van der Waals surface area contributed by atoms with Crippen molar-refractivity contribution in [2.24, 2.45) is 0 Å². The van der Waals surface area contributed by atoms with Gasteiger partial charge in [-0.25, -0.2) is 12.8 Å². The smallest absolute Gasteiger partial charge is 0.261 e. The highest BCUT2D eigenvalue weighted by atomic mass is 32.2. The molecular formula is C36H40FN3O7S. The second kappa shape index (κ2) is 17.3. The molecule has 0 spiro atoms. The number of nitrogens with one attached hydrogen (secondary N) is 2. The molecule has 0 saturated heterocycles. The number of anilines is 1. The number of amides is 2. The molecular weight excluding hydrogens is 637 g/mol. The lowest BCUT2D eigenvalue weighted by molar-refractivity contribution is -0.143. The molecule has 10 nitrogen and oxygen atoms in total. The fraction of sp³-hybridized carbons (Fsp3) is 0.278. The zero-order chi connectivity index (χ0) is 34.5. The number of hydrogen-bond acceptors (Lipinski definition) is 7. The molecule has 12 heteroatoms. The van der Waals surface area contributed by atoms with Crippen molar-refractivity contribution in [2.45, 2.75) is 43.9 Å². The van der Waals surface area contributed by atoms with Gasteiger partial charge in [-0.3, -0.25) is 14.3 Å². The Morgan fingerprint density at radius 2 is 1.50 bits per heavy atom. The molecule has 0 aromatic heterocycles. The first-order chi connectivity index (χ1) is 23.1. The minimum absolute atomic E-state index is 0.0498. The molecule has 0 aliphatic carbocycles. The highest BCUT2D eigenvalue weighted by Gasteiger charge is 2.32. The second-order valence-corrected chi connectivity index (χ2v) is 12.8. The molecule has 0 unspecified atom stereocenters. The van der Waals surface area contributed by atoms with Gasteiger partial charge >= 0.3 is 0 Å². The summed E-state index contributed by atoms with van der Waals surface area (Å²) in [5.41, 5.74) is 1.60. The maximum atomic E-state index is 13.9. The van der Waals surface area contributed by atoms with Gasteiger partial charge in [0.1, 0.15) is 23.4 Å². The maximum absolute atomic E-state index is 13.9. The summed E-state index contributed by atoms with van der Waals surface area (Å²) in [7, 11) is -2.40. The predicted octanol–water partition coefficient (Wildman–Crippen LogP) is 5.72. The fourth-order valence-electron chi connectivity index (χ4n) is 4.73. The lowest BCUT2D eigenvalue weighted by Gasteiger charge is -2.31. The third-order valence-electron chi connectivity index (χ3n) is 7.17. The number of benzene rings is 4. The molecule has 0 radical (unpaired) electrons. The SMILES string of the molecule is COc1ccc(CN(C(=O)COc2ccc(S(=O)(=O)Nc3ccc(F)cc3)cc2)[C@H](C(=O)NCCCOC(C)C)c2ccccc2)cc1. The van der Waals surface area contributed by atoms with E-state index in [0.29, 0.717) is 30.9 Å². The lowest BCUT2D eigenvalue weighted by Crippen LogP contribution is -2.45. The predicted molar refractivity (Wildman–Crippen MR) is 181 cm³/mol. The van der Waals surface area contributed by atoms with Crippen LogP contribution >= 0.6 is 0 Å². The van der Waals surface area contributed by atoms with E-state index in [1.165, 1.54) is 41.3 Å². The molecule has 254 valence electrons. The number of methoxy groups -OCH3 is 1. The van der Waals surface area contributed by atoms with E-state index >= 15 is 0 Å². The second-order valence-electron chi connectivity index (χ2n) is 11.1. The number of carbonyl (C=O) groups is 2. The molecule has 0 saturated carbocycles. The molecule has 2 amide bonds. The van der Waals surface area contributed by atoms with E-state index in [4.69, 9.17) is 14.2 Å². The Morgan fingerprint density at radius 3 is 2.12 bits per heavy atom. The van der Waals surface area contributed by atoms with Crippen molar-refractivity contribution in [1.29, 1.82) is 0 Å². The van der Waals surface area contributed by atoms with Crippen LogP contribution in [-0.2, 0) is 30.9 Å². The van der Waals surface area contributed by atoms with Crippen molar-refractivity contribution >= 4 is 27.5 Å². The van der Waals surface area contributed by atoms with Crippen molar-refractivity contribution in [3.05, 3.63) is 120 Å². The summed E-state index contributed by atoms with van der Waals surface area (Å²) in [5.74, 6) is -0.401. The number of nitrogens with zero attached hydrogens (tertiary/aromatic N) is 1. The van der Waals surface area contributed by atoms with Gasteiger partial charge in [-0.15, -0.1) is 0 Å². The molecule has 0 bridgehead atoms. The summed E-state index contributed by atoms with van der Waals surface area (Å²) in [6, 6.07) is 25.7. The van der Waals surface area contributed by atoms with Crippen molar-refractivity contribution in [1.82, 2.24) is 10.2 Å². The van der Waals surface area contributed by atoms with Crippen LogP contribution in [0.3, 0.4) is 0 Å². The molecule has 4 aromatic rings. The Morgan fingerprint density at radius 1 is 0.854 bits per heavy atom. The molecule has 0 heterocycles. The van der Waals surface area contributed by atoms with E-state index in [2.05, 4.69) is 10.0 Å². The third-order valence-corrected chi connectivity index (χ3v) is 8.57. The largest absolute Gasteiger partial charge is 0.497 e. The zero-order valence-corrected chi connectivity index (χ0v) is 27.9. The van der Waals surface area contributed by atoms with Crippen molar-refractivity contribution in [3.63, 3.8) is 0 Å². The van der Waals surface area contributed by atoms with Crippen LogP contribution in [0, 0.1) is 5.82 Å². The van der Waals surface area contributed by atoms with Crippen molar-refractivity contribution in [3.8, 4) is 11.5 Å². The van der Waals surface area contributed by atoms with Crippen LogP contribution in [0.25, 0.3) is 0 Å². The molecule has 0 fully saturated rings. The highest BCUT2D eigenvalue weighted by Crippen LogP contribution is 2.26. The maximum Gasteiger partial charge on any atom is 0.261 e. The summed E-state index contributed by atoms with van der Waals surface area (Å²) in [4.78, 5) is 29.1. The van der Waals surface area contributed by atoms with Gasteiger partial charge in [0.25, 0.3) is 15.9 Å². The number of ether oxygens (including phenoxy) is 3. The number of carbonyl (C=O) groups excluding carboxylic acids is 2. The number of halogens is 1. The minimum atomic E-state index is -3.96. The van der Waals surface area contributed by atoms with Crippen LogP contribution in [0.4, 0.5) is 10.1 Å². The van der Waals surface area contributed by atoms with E-state index < -0.39 is 34.4 Å². The van der Waals surface area contributed by atoms with Crippen LogP contribution < -0.4 is 19.5 Å². The standard InChI is InChI=1S/C36H40FN3O7S/c1-26(2)46-23-7-22-38-36(42)35(28-8-5-4-6-9-28)40(24-27-10-16-31(45-3)17-11-27)34(41)25-47-32-18-20-33(21-19-32)48(43,44)39-30-14-12-29(37)13-15-30/h4-6,8-21,26,35,39H,7,22-25H2,1-3H3,(H,38,42)/t35-/m0/s1. The highest BCUT2D eigenvalue weighted by molar-refractivity contribution is 7.92. The minimum Gasteiger partial charge on any atom is -0.497 e. The number of rotatable bonds is 17. The van der Waals surface area contributed by atoms with Crippen LogP contribution in [0.5, 0.6) is 11.5 Å². The first kappa shape index (κ1) is 35.9. The Hall–Kier alpha value is -4.94. The van der Waals surface area contributed by atoms with Crippen LogP contribution in [0.15, 0.2) is 108 Å². The van der Waals surface area contributed by atoms with Crippen molar-refractivity contribution < 1.29 is 36.6 Å². The van der Waals surface area contributed by atoms with E-state index in [9.17, 15) is 22.4 Å². The van der Waals surface area contributed by atoms with Gasteiger partial charge in [-0.05, 0) is 92.1 Å². The molecule has 2 N–H and O–H groups in total. The first-order valence-electron chi connectivity index (χ1n) is 15.4. The van der Waals surface area contributed by atoms with Gasteiger partial charge in [-0.2, -0.15) is 0 Å². The van der Waals surface area contributed by atoms with Gasteiger partial charge in [0.15, 0.2) is 6.61 Å². The first-order valence-corrected chi connectivity index (χ1v) is 16.9. The quantitative estimate of drug-likeness (QED) is 0.137. The molecule has 4 aromatic carbocycles. The third kappa shape index (κ3) is 10.5. The van der Waals surface area contributed by atoms with E-state index in [1.807, 2.05) is 32.0 Å². The fourth-order valence-corrected chi connectivity index (χ4v) is 5.79. The summed E-state index contributed by atoms with van der Waals surface area (Å²) in [5, 5.41) is 2.95. The van der Waals surface area contributed by atoms with E-state index in [1.54, 1.807) is 43.5 Å². The molecule has 0 aliphatic rings. The van der Waals surface area contributed by atoms with E-state index in [-0.39, 0.29) is 34.9 Å². The number of hydrogen-bond donors (Lipinski definition) is 2. The summed E-state index contributed by atoms with van der Waals surface area (Å²) >= 11 is 0. The zero-order valence-electron chi connectivity index (χ0n) is 27.1. The number of sulfonamides is 1. The average Bonchev–Trinajstić information content (AvgIpc) is 3.08. The van der Waals surface area contributed by atoms with Gasteiger partial charge in [0, 0.05) is 25.4 Å². The van der Waals surface area contributed by atoms with Gasteiger partial charge < -0.3 is 24.4 Å². The Balaban J connectivity index is 1.52. The molecule has 48 heavy (non-hydrogen) atoms. The summed E-state index contributed by atoms with van der Waals surface area (Å²) in [6.45, 7) is 4.41.